The molecule has 0 aliphatic rings. The zero-order valence-corrected chi connectivity index (χ0v) is 12.5. The lowest BCUT2D eigenvalue weighted by atomic mass is 10.0. The number of sulfone groups is 1. The highest BCUT2D eigenvalue weighted by Crippen LogP contribution is 2.32. The number of hydrogen-bond donors (Lipinski definition) is 2. The Kier molecular flexibility index (Phi) is 5.07. The van der Waals surface area contributed by atoms with E-state index in [0.717, 1.165) is 6.26 Å². The maximum absolute atomic E-state index is 11.6. The molecule has 1 unspecified atom stereocenters. The monoisotopic (exact) mass is 301 g/mol. The number of nitro groups is 1. The number of nitro benzene ring substituents is 1. The first-order chi connectivity index (χ1) is 9.18. The van der Waals surface area contributed by atoms with Gasteiger partial charge in [0.25, 0.3) is 0 Å². The molecule has 0 heterocycles. The van der Waals surface area contributed by atoms with E-state index in [2.05, 4.69) is 5.32 Å². The van der Waals surface area contributed by atoms with E-state index in [4.69, 9.17) is 5.73 Å². The standard InChI is InChI=1S/C12H19N3O4S/c1-8(2)10(7-13)14-9-5-4-6-11(20(3,18)19)12(9)15(16)17/h4-6,8,10,14H,7,13H2,1-3H3. The summed E-state index contributed by atoms with van der Waals surface area (Å²) >= 11 is 0. The Morgan fingerprint density at radius 2 is 2.00 bits per heavy atom. The van der Waals surface area contributed by atoms with Crippen molar-refractivity contribution in [2.24, 2.45) is 11.7 Å². The van der Waals surface area contributed by atoms with E-state index in [0.29, 0.717) is 0 Å². The first-order valence-corrected chi connectivity index (χ1v) is 8.01. The van der Waals surface area contributed by atoms with Gasteiger partial charge in [-0.25, -0.2) is 8.42 Å². The van der Waals surface area contributed by atoms with Crippen molar-refractivity contribution in [3.05, 3.63) is 28.3 Å². The normalized spacial score (nSPS) is 13.2. The quantitative estimate of drug-likeness (QED) is 0.606. The fourth-order valence-electron chi connectivity index (χ4n) is 1.82. The highest BCUT2D eigenvalue weighted by atomic mass is 32.2. The fraction of sp³-hybridized carbons (Fsp3) is 0.500. The van der Waals surface area contributed by atoms with Gasteiger partial charge in [-0.05, 0) is 18.1 Å². The Balaban J connectivity index is 3.38. The Hall–Kier alpha value is -1.67. The summed E-state index contributed by atoms with van der Waals surface area (Å²) < 4.78 is 23.3. The molecule has 0 bridgehead atoms. The highest BCUT2D eigenvalue weighted by molar-refractivity contribution is 7.90. The molecule has 8 heteroatoms. The van der Waals surface area contributed by atoms with Crippen LogP contribution < -0.4 is 11.1 Å². The van der Waals surface area contributed by atoms with E-state index < -0.39 is 20.4 Å². The van der Waals surface area contributed by atoms with E-state index in [1.807, 2.05) is 13.8 Å². The van der Waals surface area contributed by atoms with Crippen LogP contribution in [-0.2, 0) is 9.84 Å². The highest BCUT2D eigenvalue weighted by Gasteiger charge is 2.27. The van der Waals surface area contributed by atoms with Crippen molar-refractivity contribution >= 4 is 21.2 Å². The number of benzene rings is 1. The average Bonchev–Trinajstić information content (AvgIpc) is 2.33. The number of hydrogen-bond acceptors (Lipinski definition) is 6. The van der Waals surface area contributed by atoms with Gasteiger partial charge in [-0.3, -0.25) is 10.1 Å². The van der Waals surface area contributed by atoms with Crippen molar-refractivity contribution in [2.45, 2.75) is 24.8 Å². The third-order valence-corrected chi connectivity index (χ3v) is 4.11. The van der Waals surface area contributed by atoms with E-state index in [1.54, 1.807) is 0 Å². The molecule has 1 aromatic carbocycles. The summed E-state index contributed by atoms with van der Waals surface area (Å²) in [4.78, 5) is 10.2. The molecule has 0 aliphatic heterocycles. The van der Waals surface area contributed by atoms with Crippen LogP contribution in [0.4, 0.5) is 11.4 Å². The van der Waals surface area contributed by atoms with Gasteiger partial charge in [0, 0.05) is 18.8 Å². The lowest BCUT2D eigenvalue weighted by Gasteiger charge is -2.22. The van der Waals surface area contributed by atoms with Gasteiger partial charge in [-0.2, -0.15) is 0 Å². The molecule has 1 rings (SSSR count). The molecule has 0 spiro atoms. The summed E-state index contributed by atoms with van der Waals surface area (Å²) in [6.45, 7) is 4.14. The number of rotatable bonds is 6. The Labute approximate surface area is 118 Å². The molecule has 1 aromatic rings. The lowest BCUT2D eigenvalue weighted by molar-refractivity contribution is -0.386. The third-order valence-electron chi connectivity index (χ3n) is 2.98. The molecular formula is C12H19N3O4S. The topological polar surface area (TPSA) is 115 Å². The number of para-hydroxylation sites is 1. The Bertz CT molecular complexity index is 599. The van der Waals surface area contributed by atoms with Crippen LogP contribution in [0.5, 0.6) is 0 Å². The van der Waals surface area contributed by atoms with Gasteiger partial charge in [0.15, 0.2) is 9.84 Å². The maximum Gasteiger partial charge on any atom is 0.310 e. The van der Waals surface area contributed by atoms with Crippen LogP contribution in [0.1, 0.15) is 13.8 Å². The van der Waals surface area contributed by atoms with E-state index >= 15 is 0 Å². The molecule has 0 saturated heterocycles. The van der Waals surface area contributed by atoms with Crippen LogP contribution in [0.2, 0.25) is 0 Å². The predicted molar refractivity (Wildman–Crippen MR) is 77.5 cm³/mol. The molecule has 0 aromatic heterocycles. The summed E-state index contributed by atoms with van der Waals surface area (Å²) in [5.41, 5.74) is 5.35. The summed E-state index contributed by atoms with van der Waals surface area (Å²) in [7, 11) is -3.68. The van der Waals surface area contributed by atoms with Gasteiger partial charge in [0.1, 0.15) is 10.6 Å². The summed E-state index contributed by atoms with van der Waals surface area (Å²) in [6.07, 6.45) is 0.946. The molecule has 3 N–H and O–H groups in total. The van der Waals surface area contributed by atoms with Crippen LogP contribution in [0.25, 0.3) is 0 Å². The lowest BCUT2D eigenvalue weighted by Crippen LogP contribution is -2.34. The van der Waals surface area contributed by atoms with Crippen molar-refractivity contribution in [1.82, 2.24) is 0 Å². The minimum atomic E-state index is -3.68. The minimum Gasteiger partial charge on any atom is -0.375 e. The SMILES string of the molecule is CC(C)C(CN)Nc1cccc(S(C)(=O)=O)c1[N+](=O)[O-]. The third kappa shape index (κ3) is 3.67. The van der Waals surface area contributed by atoms with Crippen molar-refractivity contribution in [2.75, 3.05) is 18.1 Å². The van der Waals surface area contributed by atoms with Crippen LogP contribution in [0, 0.1) is 16.0 Å². The molecule has 20 heavy (non-hydrogen) atoms. The summed E-state index contributed by atoms with van der Waals surface area (Å²) in [6, 6.07) is 4.01. The second kappa shape index (κ2) is 6.19. The molecule has 112 valence electrons. The zero-order valence-electron chi connectivity index (χ0n) is 11.7. The number of nitrogens with two attached hydrogens (primary N) is 1. The van der Waals surface area contributed by atoms with E-state index in [-0.39, 0.29) is 29.1 Å². The smallest absolute Gasteiger partial charge is 0.310 e. The number of nitrogens with zero attached hydrogens (tertiary/aromatic N) is 1. The zero-order chi connectivity index (χ0) is 15.5. The van der Waals surface area contributed by atoms with Gasteiger partial charge in [0.05, 0.1) is 4.92 Å². The van der Waals surface area contributed by atoms with Gasteiger partial charge in [-0.15, -0.1) is 0 Å². The molecule has 0 aliphatic carbocycles. The second-order valence-corrected chi connectivity index (χ2v) is 6.90. The van der Waals surface area contributed by atoms with Crippen molar-refractivity contribution in [3.8, 4) is 0 Å². The largest absolute Gasteiger partial charge is 0.375 e. The van der Waals surface area contributed by atoms with Crippen LogP contribution >= 0.6 is 0 Å². The van der Waals surface area contributed by atoms with E-state index in [9.17, 15) is 18.5 Å². The fourth-order valence-corrected chi connectivity index (χ4v) is 2.69. The van der Waals surface area contributed by atoms with Gasteiger partial charge in [0.2, 0.25) is 0 Å². The molecular weight excluding hydrogens is 282 g/mol. The molecule has 0 amide bonds. The van der Waals surface area contributed by atoms with Crippen LogP contribution in [-0.4, -0.2) is 32.2 Å². The second-order valence-electron chi connectivity index (χ2n) is 4.91. The van der Waals surface area contributed by atoms with Crippen LogP contribution in [0.15, 0.2) is 23.1 Å². The predicted octanol–water partition coefficient (Wildman–Crippen LogP) is 1.39. The van der Waals surface area contributed by atoms with E-state index in [1.165, 1.54) is 18.2 Å². The first kappa shape index (κ1) is 16.4. The van der Waals surface area contributed by atoms with Crippen LogP contribution in [0.3, 0.4) is 0 Å². The van der Waals surface area contributed by atoms with Crippen molar-refractivity contribution < 1.29 is 13.3 Å². The van der Waals surface area contributed by atoms with Crippen molar-refractivity contribution in [1.29, 1.82) is 0 Å². The maximum atomic E-state index is 11.6. The summed E-state index contributed by atoms with van der Waals surface area (Å²) in [5.74, 6) is 0.154. The summed E-state index contributed by atoms with van der Waals surface area (Å²) in [5, 5.41) is 14.2. The number of nitrogens with one attached hydrogen (secondary N) is 1. The molecule has 0 radical (unpaired) electrons. The molecule has 1 atom stereocenters. The van der Waals surface area contributed by atoms with Gasteiger partial charge in [-0.1, -0.05) is 19.9 Å². The Morgan fingerprint density at radius 3 is 2.40 bits per heavy atom. The molecule has 7 nitrogen and oxygen atoms in total. The van der Waals surface area contributed by atoms with Crippen molar-refractivity contribution in [3.63, 3.8) is 0 Å². The van der Waals surface area contributed by atoms with Gasteiger partial charge >= 0.3 is 5.69 Å². The minimum absolute atomic E-state index is 0.154. The number of anilines is 1. The Morgan fingerprint density at radius 1 is 1.40 bits per heavy atom. The first-order valence-electron chi connectivity index (χ1n) is 6.12. The average molecular weight is 301 g/mol. The van der Waals surface area contributed by atoms with Gasteiger partial charge < -0.3 is 11.1 Å². The molecule has 0 fully saturated rings. The molecule has 0 saturated carbocycles.